The highest BCUT2D eigenvalue weighted by atomic mass is 79.9. The van der Waals surface area contributed by atoms with Crippen molar-refractivity contribution in [2.24, 2.45) is 0 Å². The molecule has 0 atom stereocenters. The first-order valence-corrected chi connectivity index (χ1v) is 5.58. The molecular formula is C9H7BrN2OS. The number of pyridine rings is 1. The minimum absolute atomic E-state index is 0.0443. The van der Waals surface area contributed by atoms with Crippen LogP contribution in [-0.4, -0.2) is 15.1 Å². The van der Waals surface area contributed by atoms with Gasteiger partial charge in [-0.1, -0.05) is 0 Å². The van der Waals surface area contributed by atoms with Gasteiger partial charge in [-0.25, -0.2) is 4.98 Å². The van der Waals surface area contributed by atoms with Gasteiger partial charge in [0.15, 0.2) is 0 Å². The third kappa shape index (κ3) is 1.84. The fraction of sp³-hybridized carbons (Fsp3) is 0.111. The number of rotatable bonds is 2. The average molecular weight is 271 g/mol. The standard InChI is InChI=1S/C9H7BrN2OS/c10-8-7(5-13)12-9(14-8)6-2-1-3-11-4-6/h1-4,13H,5H2. The maximum Gasteiger partial charge on any atom is 0.126 e. The van der Waals surface area contributed by atoms with Gasteiger partial charge in [0.05, 0.1) is 16.1 Å². The molecule has 2 heterocycles. The van der Waals surface area contributed by atoms with Gasteiger partial charge in [-0.3, -0.25) is 4.98 Å². The van der Waals surface area contributed by atoms with E-state index < -0.39 is 0 Å². The lowest BCUT2D eigenvalue weighted by molar-refractivity contribution is 0.277. The molecule has 0 saturated carbocycles. The third-order valence-corrected chi connectivity index (χ3v) is 3.59. The predicted molar refractivity (Wildman–Crippen MR) is 59.0 cm³/mol. The van der Waals surface area contributed by atoms with E-state index in [4.69, 9.17) is 5.11 Å². The van der Waals surface area contributed by atoms with E-state index in [0.29, 0.717) is 5.69 Å². The summed E-state index contributed by atoms with van der Waals surface area (Å²) in [6, 6.07) is 3.81. The van der Waals surface area contributed by atoms with Crippen molar-refractivity contribution >= 4 is 27.3 Å². The number of hydrogen-bond acceptors (Lipinski definition) is 4. The molecule has 0 fully saturated rings. The Bertz CT molecular complexity index is 430. The van der Waals surface area contributed by atoms with E-state index in [9.17, 15) is 0 Å². The minimum atomic E-state index is -0.0443. The highest BCUT2D eigenvalue weighted by Crippen LogP contribution is 2.31. The number of hydrogen-bond donors (Lipinski definition) is 1. The van der Waals surface area contributed by atoms with Crippen molar-refractivity contribution in [1.29, 1.82) is 0 Å². The van der Waals surface area contributed by atoms with Crippen LogP contribution in [0.2, 0.25) is 0 Å². The lowest BCUT2D eigenvalue weighted by Crippen LogP contribution is -1.84. The van der Waals surface area contributed by atoms with E-state index in [-0.39, 0.29) is 6.61 Å². The number of aliphatic hydroxyl groups excluding tert-OH is 1. The Balaban J connectivity index is 2.43. The lowest BCUT2D eigenvalue weighted by Gasteiger charge is -1.92. The first kappa shape index (κ1) is 9.76. The second-order valence-corrected chi connectivity index (χ2v) is 4.96. The van der Waals surface area contributed by atoms with E-state index in [0.717, 1.165) is 14.4 Å². The fourth-order valence-electron chi connectivity index (χ4n) is 1.04. The summed E-state index contributed by atoms with van der Waals surface area (Å²) < 4.78 is 0.874. The van der Waals surface area contributed by atoms with Crippen molar-refractivity contribution in [3.63, 3.8) is 0 Å². The van der Waals surface area contributed by atoms with Crippen LogP contribution < -0.4 is 0 Å². The summed E-state index contributed by atoms with van der Waals surface area (Å²) in [7, 11) is 0. The molecule has 0 saturated heterocycles. The predicted octanol–water partition coefficient (Wildman–Crippen LogP) is 2.46. The Kier molecular flexibility index (Phi) is 2.90. The van der Waals surface area contributed by atoms with Crippen molar-refractivity contribution < 1.29 is 5.11 Å². The number of aliphatic hydroxyl groups is 1. The SMILES string of the molecule is OCc1nc(-c2cccnc2)sc1Br. The van der Waals surface area contributed by atoms with Crippen LogP contribution in [-0.2, 0) is 6.61 Å². The van der Waals surface area contributed by atoms with Crippen LogP contribution in [0.25, 0.3) is 10.6 Å². The smallest absolute Gasteiger partial charge is 0.126 e. The zero-order valence-electron chi connectivity index (χ0n) is 7.14. The molecule has 1 N–H and O–H groups in total. The van der Waals surface area contributed by atoms with Crippen molar-refractivity contribution in [3.05, 3.63) is 34.0 Å². The normalized spacial score (nSPS) is 10.4. The zero-order valence-corrected chi connectivity index (χ0v) is 9.55. The van der Waals surface area contributed by atoms with Crippen LogP contribution >= 0.6 is 27.3 Å². The molecule has 0 unspecified atom stereocenters. The highest BCUT2D eigenvalue weighted by molar-refractivity contribution is 9.11. The van der Waals surface area contributed by atoms with Crippen LogP contribution in [0, 0.1) is 0 Å². The monoisotopic (exact) mass is 270 g/mol. The summed E-state index contributed by atoms with van der Waals surface area (Å²) in [5, 5.41) is 9.85. The summed E-state index contributed by atoms with van der Waals surface area (Å²) in [5.41, 5.74) is 1.65. The number of aromatic nitrogens is 2. The van der Waals surface area contributed by atoms with Crippen LogP contribution in [0.3, 0.4) is 0 Å². The van der Waals surface area contributed by atoms with Gasteiger partial charge in [0.2, 0.25) is 0 Å². The van der Waals surface area contributed by atoms with Gasteiger partial charge >= 0.3 is 0 Å². The maximum atomic E-state index is 8.98. The van der Waals surface area contributed by atoms with Gasteiger partial charge in [0.25, 0.3) is 0 Å². The summed E-state index contributed by atoms with van der Waals surface area (Å²) >= 11 is 4.85. The molecule has 3 nitrogen and oxygen atoms in total. The van der Waals surface area contributed by atoms with Crippen molar-refractivity contribution in [2.45, 2.75) is 6.61 Å². The van der Waals surface area contributed by atoms with Gasteiger partial charge in [0, 0.05) is 18.0 Å². The first-order valence-electron chi connectivity index (χ1n) is 3.97. The quantitative estimate of drug-likeness (QED) is 0.912. The molecule has 2 rings (SSSR count). The highest BCUT2D eigenvalue weighted by Gasteiger charge is 2.09. The van der Waals surface area contributed by atoms with Crippen molar-refractivity contribution in [3.8, 4) is 10.6 Å². The van der Waals surface area contributed by atoms with Crippen LogP contribution in [0.5, 0.6) is 0 Å². The molecule has 2 aromatic heterocycles. The Hall–Kier alpha value is -0.780. The Morgan fingerprint density at radius 2 is 2.36 bits per heavy atom. The van der Waals surface area contributed by atoms with E-state index in [2.05, 4.69) is 25.9 Å². The second kappa shape index (κ2) is 4.16. The molecule has 2 aromatic rings. The molecule has 0 aliphatic heterocycles. The molecule has 5 heteroatoms. The van der Waals surface area contributed by atoms with Crippen molar-refractivity contribution in [1.82, 2.24) is 9.97 Å². The van der Waals surface area contributed by atoms with E-state index in [1.54, 1.807) is 12.4 Å². The summed E-state index contributed by atoms with van der Waals surface area (Å²) in [6.45, 7) is -0.0443. The van der Waals surface area contributed by atoms with E-state index in [1.165, 1.54) is 11.3 Å². The van der Waals surface area contributed by atoms with Crippen molar-refractivity contribution in [2.75, 3.05) is 0 Å². The van der Waals surface area contributed by atoms with E-state index in [1.807, 2.05) is 12.1 Å². The summed E-state index contributed by atoms with van der Waals surface area (Å²) in [5.74, 6) is 0. The largest absolute Gasteiger partial charge is 0.390 e. The van der Waals surface area contributed by atoms with Gasteiger partial charge in [-0.2, -0.15) is 0 Å². The average Bonchev–Trinajstić information content (AvgIpc) is 2.61. The molecule has 0 amide bonds. The summed E-state index contributed by atoms with van der Waals surface area (Å²) in [6.07, 6.45) is 3.48. The molecule has 0 aliphatic rings. The fourth-order valence-corrected chi connectivity index (χ4v) is 2.51. The lowest BCUT2D eigenvalue weighted by atomic mass is 10.3. The Morgan fingerprint density at radius 1 is 1.50 bits per heavy atom. The van der Waals surface area contributed by atoms with Gasteiger partial charge in [-0.05, 0) is 28.1 Å². The number of thiazole rings is 1. The third-order valence-electron chi connectivity index (χ3n) is 1.71. The Morgan fingerprint density at radius 3 is 2.93 bits per heavy atom. The van der Waals surface area contributed by atoms with Crippen LogP contribution in [0.15, 0.2) is 28.3 Å². The molecule has 0 aromatic carbocycles. The molecule has 0 bridgehead atoms. The molecular weight excluding hydrogens is 264 g/mol. The first-order chi connectivity index (χ1) is 6.81. The minimum Gasteiger partial charge on any atom is -0.390 e. The van der Waals surface area contributed by atoms with E-state index >= 15 is 0 Å². The van der Waals surface area contributed by atoms with Gasteiger partial charge in [0.1, 0.15) is 5.01 Å². The zero-order chi connectivity index (χ0) is 9.97. The second-order valence-electron chi connectivity index (χ2n) is 2.64. The van der Waals surface area contributed by atoms with Gasteiger partial charge < -0.3 is 5.11 Å². The number of halogens is 1. The molecule has 72 valence electrons. The van der Waals surface area contributed by atoms with Gasteiger partial charge in [-0.15, -0.1) is 11.3 Å². The van der Waals surface area contributed by atoms with Crippen LogP contribution in [0.4, 0.5) is 0 Å². The molecule has 0 aliphatic carbocycles. The van der Waals surface area contributed by atoms with Crippen LogP contribution in [0.1, 0.15) is 5.69 Å². The maximum absolute atomic E-state index is 8.98. The topological polar surface area (TPSA) is 46.0 Å². The Labute approximate surface area is 93.6 Å². The molecule has 0 spiro atoms. The summed E-state index contributed by atoms with van der Waals surface area (Å²) in [4.78, 5) is 8.29. The number of nitrogens with zero attached hydrogens (tertiary/aromatic N) is 2. The molecule has 0 radical (unpaired) electrons. The molecule has 14 heavy (non-hydrogen) atoms.